The van der Waals surface area contributed by atoms with Gasteiger partial charge in [-0.15, -0.1) is 6.58 Å². The van der Waals surface area contributed by atoms with Crippen molar-refractivity contribution in [1.82, 2.24) is 5.32 Å². The Hall–Kier alpha value is -4.85. The van der Waals surface area contributed by atoms with Crippen molar-refractivity contribution in [3.8, 4) is 0 Å². The molecule has 0 fully saturated rings. The van der Waals surface area contributed by atoms with Gasteiger partial charge in [0.1, 0.15) is 0 Å². The van der Waals surface area contributed by atoms with E-state index in [1.807, 2.05) is 12.1 Å². The lowest BCUT2D eigenvalue weighted by Gasteiger charge is -2.11. The van der Waals surface area contributed by atoms with Crippen LogP contribution in [-0.4, -0.2) is 35.8 Å². The zero-order valence-electron chi connectivity index (χ0n) is 19.5. The number of ketones is 2. The molecule has 0 spiro atoms. The Balaban J connectivity index is 0.000000205. The fourth-order valence-corrected chi connectivity index (χ4v) is 3.96. The predicted molar refractivity (Wildman–Crippen MR) is 135 cm³/mol. The number of rotatable bonds is 8. The summed E-state index contributed by atoms with van der Waals surface area (Å²) in [4.78, 5) is 58.7. The van der Waals surface area contributed by atoms with Crippen LogP contribution in [-0.2, 0) is 12.8 Å². The molecule has 2 bridgehead atoms. The van der Waals surface area contributed by atoms with Gasteiger partial charge >= 0.3 is 0 Å². The molecule has 5 N–H and O–H groups in total. The van der Waals surface area contributed by atoms with E-state index in [-0.39, 0.29) is 29.1 Å². The topological polar surface area (TPSA) is 149 Å². The molecule has 182 valence electrons. The number of nitrogens with two attached hydrogens (primary N) is 2. The highest BCUT2D eigenvalue weighted by Crippen LogP contribution is 2.31. The zero-order valence-corrected chi connectivity index (χ0v) is 19.5. The molecule has 0 unspecified atom stereocenters. The van der Waals surface area contributed by atoms with Crippen LogP contribution in [0.25, 0.3) is 0 Å². The van der Waals surface area contributed by atoms with Crippen molar-refractivity contribution in [1.29, 1.82) is 0 Å². The third-order valence-corrected chi connectivity index (χ3v) is 5.61. The average Bonchev–Trinajstić information content (AvgIpc) is 3.23. The molecule has 4 rings (SSSR count). The van der Waals surface area contributed by atoms with Crippen molar-refractivity contribution in [2.75, 3.05) is 6.54 Å². The predicted octanol–water partition coefficient (Wildman–Crippen LogP) is 2.65. The molecule has 3 amide bonds. The van der Waals surface area contributed by atoms with Gasteiger partial charge in [-0.05, 0) is 30.0 Å². The number of carbonyl (C=O) groups excluding carboxylic acids is 5. The number of primary amides is 2. The highest BCUT2D eigenvalue weighted by atomic mass is 16.2. The molecule has 0 aromatic heterocycles. The molecule has 1 aliphatic carbocycles. The number of Topliss-reactive ketones (excluding diaryl/α,β-unsaturated/α-hetero) is 2. The van der Waals surface area contributed by atoms with Crippen LogP contribution in [0.3, 0.4) is 0 Å². The zero-order chi connectivity index (χ0) is 26.2. The molecule has 0 radical (unpaired) electrons. The first-order valence-electron chi connectivity index (χ1n) is 11.1. The van der Waals surface area contributed by atoms with Crippen LogP contribution in [0.4, 0.5) is 0 Å². The van der Waals surface area contributed by atoms with Gasteiger partial charge in [-0.25, -0.2) is 0 Å². The van der Waals surface area contributed by atoms with Gasteiger partial charge in [0.2, 0.25) is 23.4 Å². The molecule has 0 saturated carbocycles. The quantitative estimate of drug-likeness (QED) is 0.256. The van der Waals surface area contributed by atoms with E-state index in [0.29, 0.717) is 35.1 Å². The Bertz CT molecular complexity index is 1300. The van der Waals surface area contributed by atoms with Crippen LogP contribution in [0.2, 0.25) is 0 Å². The summed E-state index contributed by atoms with van der Waals surface area (Å²) in [5.41, 5.74) is 13.4. The lowest BCUT2D eigenvalue weighted by molar-refractivity contribution is 0.0817. The first kappa shape index (κ1) is 25.8. The van der Waals surface area contributed by atoms with E-state index in [4.69, 9.17) is 11.5 Å². The van der Waals surface area contributed by atoms with E-state index in [2.05, 4.69) is 11.9 Å². The van der Waals surface area contributed by atoms with Crippen molar-refractivity contribution in [3.05, 3.63) is 118 Å². The van der Waals surface area contributed by atoms with Crippen LogP contribution in [0.1, 0.15) is 62.9 Å². The summed E-state index contributed by atoms with van der Waals surface area (Å²) in [6.07, 6.45) is 2.52. The van der Waals surface area contributed by atoms with Crippen molar-refractivity contribution < 1.29 is 24.0 Å². The number of benzene rings is 3. The fraction of sp³-hybridized carbons (Fsp3) is 0.107. The summed E-state index contributed by atoms with van der Waals surface area (Å²) in [6, 6.07) is 18.6. The molecule has 36 heavy (non-hydrogen) atoms. The summed E-state index contributed by atoms with van der Waals surface area (Å²) in [7, 11) is 0. The van der Waals surface area contributed by atoms with Gasteiger partial charge in [0, 0.05) is 34.4 Å². The largest absolute Gasteiger partial charge is 0.366 e. The van der Waals surface area contributed by atoms with Crippen molar-refractivity contribution in [2.24, 2.45) is 11.5 Å². The SMILES string of the molecule is C=CCNC(=O)c1cc(C(N)=O)c2c(C(N)=O)c1CC2.O=C(C(=O)c1ccccc1)c1ccccc1. The minimum atomic E-state index is -0.672. The molecular weight excluding hydrogens is 458 g/mol. The van der Waals surface area contributed by atoms with Crippen LogP contribution >= 0.6 is 0 Å². The van der Waals surface area contributed by atoms with E-state index >= 15 is 0 Å². The fourth-order valence-electron chi connectivity index (χ4n) is 3.96. The average molecular weight is 484 g/mol. The van der Waals surface area contributed by atoms with E-state index in [1.165, 1.54) is 12.1 Å². The molecule has 3 aromatic rings. The van der Waals surface area contributed by atoms with Crippen molar-refractivity contribution in [3.63, 3.8) is 0 Å². The number of fused-ring (bicyclic) bond motifs is 2. The Morgan fingerprint density at radius 3 is 1.64 bits per heavy atom. The normalized spacial score (nSPS) is 11.0. The third kappa shape index (κ3) is 5.61. The van der Waals surface area contributed by atoms with Crippen LogP contribution < -0.4 is 16.8 Å². The molecule has 0 aliphatic heterocycles. The number of carbonyl (C=O) groups is 5. The van der Waals surface area contributed by atoms with Gasteiger partial charge in [-0.2, -0.15) is 0 Å². The molecule has 3 aromatic carbocycles. The van der Waals surface area contributed by atoms with Crippen LogP contribution in [0, 0.1) is 0 Å². The van der Waals surface area contributed by atoms with Crippen LogP contribution in [0.15, 0.2) is 79.4 Å². The molecule has 8 heteroatoms. The maximum absolute atomic E-state index is 12.1. The standard InChI is InChI=1S/C14H15N3O3.C14H10O2/c1-2-5-17-14(20)10-6-9(12(15)18)7-3-4-8(10)11(7)13(16)19;15-13(11-7-3-1-4-8-11)14(16)12-9-5-2-6-10-12/h2,6H,1,3-5H2,(H2,15,18)(H2,16,19)(H,17,20);1-10H. The maximum atomic E-state index is 12.1. The molecule has 0 saturated heterocycles. The molecule has 0 heterocycles. The number of nitrogens with one attached hydrogen (secondary N) is 1. The summed E-state index contributed by atoms with van der Waals surface area (Å²) in [6.45, 7) is 3.80. The summed E-state index contributed by atoms with van der Waals surface area (Å²) in [5.74, 6) is -2.63. The Labute approximate surface area is 208 Å². The summed E-state index contributed by atoms with van der Waals surface area (Å²) < 4.78 is 0. The monoisotopic (exact) mass is 483 g/mol. The molecule has 0 atom stereocenters. The van der Waals surface area contributed by atoms with Gasteiger partial charge in [-0.1, -0.05) is 66.7 Å². The summed E-state index contributed by atoms with van der Waals surface area (Å²) >= 11 is 0. The number of hydrogen-bond donors (Lipinski definition) is 3. The minimum absolute atomic E-state index is 0.184. The molecule has 8 nitrogen and oxygen atoms in total. The second kappa shape index (κ2) is 11.5. The second-order valence-corrected chi connectivity index (χ2v) is 7.92. The first-order valence-corrected chi connectivity index (χ1v) is 11.1. The number of hydrogen-bond acceptors (Lipinski definition) is 5. The molecular formula is C28H25N3O5. The number of amides is 3. The van der Waals surface area contributed by atoms with E-state index < -0.39 is 23.4 Å². The van der Waals surface area contributed by atoms with Gasteiger partial charge in [0.15, 0.2) is 0 Å². The second-order valence-electron chi connectivity index (χ2n) is 7.92. The maximum Gasteiger partial charge on any atom is 0.251 e. The first-order chi connectivity index (χ1) is 17.3. The summed E-state index contributed by atoms with van der Waals surface area (Å²) in [5, 5.41) is 2.62. The Kier molecular flexibility index (Phi) is 8.25. The van der Waals surface area contributed by atoms with Crippen molar-refractivity contribution in [2.45, 2.75) is 12.8 Å². The highest BCUT2D eigenvalue weighted by molar-refractivity contribution is 6.49. The lowest BCUT2D eigenvalue weighted by Crippen LogP contribution is -2.27. The van der Waals surface area contributed by atoms with Crippen molar-refractivity contribution >= 4 is 29.3 Å². The van der Waals surface area contributed by atoms with E-state index in [9.17, 15) is 24.0 Å². The van der Waals surface area contributed by atoms with Crippen LogP contribution in [0.5, 0.6) is 0 Å². The molecule has 1 aliphatic rings. The van der Waals surface area contributed by atoms with E-state index in [0.717, 1.165) is 0 Å². The minimum Gasteiger partial charge on any atom is -0.366 e. The van der Waals surface area contributed by atoms with Gasteiger partial charge in [0.25, 0.3) is 5.91 Å². The smallest absolute Gasteiger partial charge is 0.251 e. The van der Waals surface area contributed by atoms with E-state index in [1.54, 1.807) is 48.5 Å². The van der Waals surface area contributed by atoms with Gasteiger partial charge < -0.3 is 16.8 Å². The van der Waals surface area contributed by atoms with Gasteiger partial charge in [0.05, 0.1) is 0 Å². The Morgan fingerprint density at radius 1 is 0.750 bits per heavy atom. The third-order valence-electron chi connectivity index (χ3n) is 5.61. The lowest BCUT2D eigenvalue weighted by atomic mass is 9.96. The highest BCUT2D eigenvalue weighted by Gasteiger charge is 2.30. The van der Waals surface area contributed by atoms with Gasteiger partial charge in [-0.3, -0.25) is 24.0 Å². The Morgan fingerprint density at radius 2 is 1.22 bits per heavy atom.